The number of hydrogen-bond donors (Lipinski definition) is 1. The first kappa shape index (κ1) is 12.8. The van der Waals surface area contributed by atoms with Gasteiger partial charge in [0.05, 0.1) is 18.9 Å². The van der Waals surface area contributed by atoms with Gasteiger partial charge < -0.3 is 9.84 Å². The molecule has 0 aliphatic rings. The van der Waals surface area contributed by atoms with E-state index in [0.717, 1.165) is 12.3 Å². The number of nitrogens with zero attached hydrogens (tertiary/aromatic N) is 1. The fourth-order valence-corrected chi connectivity index (χ4v) is 1.24. The van der Waals surface area contributed by atoms with Crippen molar-refractivity contribution in [2.24, 2.45) is 0 Å². The molecule has 0 saturated heterocycles. The lowest BCUT2D eigenvalue weighted by Crippen LogP contribution is -2.19. The third-order valence-corrected chi connectivity index (χ3v) is 2.04. The van der Waals surface area contributed by atoms with Crippen molar-refractivity contribution in [2.75, 3.05) is 7.11 Å². The zero-order valence-electron chi connectivity index (χ0n) is 9.09. The standard InChI is InChI=1S/C10H12F3NO2/c1-9(2,15)6-4-8(10(11,12)13)14-5-7(6)16-3/h4-5,15H,1-3H3. The highest BCUT2D eigenvalue weighted by molar-refractivity contribution is 5.37. The molecule has 0 aromatic carbocycles. The summed E-state index contributed by atoms with van der Waals surface area (Å²) >= 11 is 0. The molecule has 1 heterocycles. The van der Waals surface area contributed by atoms with Gasteiger partial charge in [0.25, 0.3) is 0 Å². The van der Waals surface area contributed by atoms with E-state index in [1.54, 1.807) is 0 Å². The molecule has 90 valence electrons. The largest absolute Gasteiger partial charge is 0.495 e. The molecule has 0 fully saturated rings. The molecular weight excluding hydrogens is 223 g/mol. The molecule has 6 heteroatoms. The zero-order valence-corrected chi connectivity index (χ0v) is 9.09. The number of ether oxygens (including phenoxy) is 1. The van der Waals surface area contributed by atoms with E-state index in [9.17, 15) is 18.3 Å². The van der Waals surface area contributed by atoms with Gasteiger partial charge in [-0.05, 0) is 19.9 Å². The molecule has 1 N–H and O–H groups in total. The third-order valence-electron chi connectivity index (χ3n) is 2.04. The van der Waals surface area contributed by atoms with E-state index in [1.165, 1.54) is 21.0 Å². The van der Waals surface area contributed by atoms with Crippen LogP contribution in [0.5, 0.6) is 5.75 Å². The number of rotatable bonds is 2. The van der Waals surface area contributed by atoms with Crippen molar-refractivity contribution in [3.05, 3.63) is 23.5 Å². The highest BCUT2D eigenvalue weighted by Crippen LogP contribution is 2.34. The molecule has 0 aliphatic heterocycles. The van der Waals surface area contributed by atoms with Gasteiger partial charge >= 0.3 is 6.18 Å². The molecule has 0 aliphatic carbocycles. The first-order chi connectivity index (χ1) is 7.16. The van der Waals surface area contributed by atoms with E-state index in [4.69, 9.17) is 4.74 Å². The Balaban J connectivity index is 3.34. The zero-order chi connectivity index (χ0) is 12.6. The second-order valence-electron chi connectivity index (χ2n) is 3.83. The van der Waals surface area contributed by atoms with Crippen LogP contribution in [-0.2, 0) is 11.8 Å². The molecule has 0 amide bonds. The number of alkyl halides is 3. The molecule has 1 aromatic rings. The van der Waals surface area contributed by atoms with Crippen molar-refractivity contribution >= 4 is 0 Å². The highest BCUT2D eigenvalue weighted by Gasteiger charge is 2.35. The third kappa shape index (κ3) is 2.63. The monoisotopic (exact) mass is 235 g/mol. The highest BCUT2D eigenvalue weighted by atomic mass is 19.4. The van der Waals surface area contributed by atoms with E-state index in [1.807, 2.05) is 0 Å². The van der Waals surface area contributed by atoms with Crippen molar-refractivity contribution in [1.82, 2.24) is 4.98 Å². The Bertz CT molecular complexity index is 383. The minimum absolute atomic E-state index is 0.0531. The maximum Gasteiger partial charge on any atom is 0.433 e. The van der Waals surface area contributed by atoms with Crippen LogP contribution in [0.4, 0.5) is 13.2 Å². The minimum Gasteiger partial charge on any atom is -0.495 e. The first-order valence-electron chi connectivity index (χ1n) is 4.50. The predicted octanol–water partition coefficient (Wildman–Crippen LogP) is 2.34. The van der Waals surface area contributed by atoms with Crippen molar-refractivity contribution in [2.45, 2.75) is 25.6 Å². The second kappa shape index (κ2) is 3.93. The van der Waals surface area contributed by atoms with E-state index in [2.05, 4.69) is 4.98 Å². The maximum atomic E-state index is 12.4. The van der Waals surface area contributed by atoms with Gasteiger partial charge in [-0.1, -0.05) is 0 Å². The van der Waals surface area contributed by atoms with Crippen LogP contribution in [-0.4, -0.2) is 17.2 Å². The van der Waals surface area contributed by atoms with Crippen LogP contribution >= 0.6 is 0 Å². The lowest BCUT2D eigenvalue weighted by atomic mass is 9.97. The van der Waals surface area contributed by atoms with E-state index in [0.29, 0.717) is 0 Å². The summed E-state index contributed by atoms with van der Waals surface area (Å²) in [6.07, 6.45) is -3.58. The summed E-state index contributed by atoms with van der Waals surface area (Å²) in [5, 5.41) is 9.72. The van der Waals surface area contributed by atoms with Crippen LogP contribution in [0, 0.1) is 0 Å². The van der Waals surface area contributed by atoms with Crippen molar-refractivity contribution < 1.29 is 23.0 Å². The van der Waals surface area contributed by atoms with Gasteiger partial charge in [0, 0.05) is 5.56 Å². The number of hydrogen-bond acceptors (Lipinski definition) is 3. The summed E-state index contributed by atoms with van der Waals surface area (Å²) in [5.41, 5.74) is -2.42. The number of aromatic nitrogens is 1. The van der Waals surface area contributed by atoms with Crippen molar-refractivity contribution in [3.63, 3.8) is 0 Å². The fourth-order valence-electron chi connectivity index (χ4n) is 1.24. The normalized spacial score (nSPS) is 12.7. The van der Waals surface area contributed by atoms with Gasteiger partial charge in [-0.3, -0.25) is 0 Å². The number of pyridine rings is 1. The first-order valence-corrected chi connectivity index (χ1v) is 4.50. The summed E-state index contributed by atoms with van der Waals surface area (Å²) in [6.45, 7) is 2.76. The number of methoxy groups -OCH3 is 1. The van der Waals surface area contributed by atoms with Gasteiger partial charge in [0.15, 0.2) is 0 Å². The molecule has 0 bridgehead atoms. The van der Waals surface area contributed by atoms with Crippen LogP contribution in [0.3, 0.4) is 0 Å². The Morgan fingerprint density at radius 2 is 1.88 bits per heavy atom. The quantitative estimate of drug-likeness (QED) is 0.855. The molecule has 3 nitrogen and oxygen atoms in total. The van der Waals surface area contributed by atoms with Crippen molar-refractivity contribution in [3.8, 4) is 5.75 Å². The molecule has 0 spiro atoms. The van der Waals surface area contributed by atoms with Crippen molar-refractivity contribution in [1.29, 1.82) is 0 Å². The lowest BCUT2D eigenvalue weighted by molar-refractivity contribution is -0.141. The average Bonchev–Trinajstić information content (AvgIpc) is 2.14. The Hall–Kier alpha value is -1.30. The average molecular weight is 235 g/mol. The van der Waals surface area contributed by atoms with E-state index in [-0.39, 0.29) is 11.3 Å². The minimum atomic E-state index is -4.54. The summed E-state index contributed by atoms with van der Waals surface area (Å²) in [4.78, 5) is 3.23. The fraction of sp³-hybridized carbons (Fsp3) is 0.500. The summed E-state index contributed by atoms with van der Waals surface area (Å²) in [7, 11) is 1.31. The summed E-state index contributed by atoms with van der Waals surface area (Å²) in [6, 6.07) is 0.791. The molecule has 1 aromatic heterocycles. The van der Waals surface area contributed by atoms with E-state index < -0.39 is 17.5 Å². The number of aliphatic hydroxyl groups is 1. The molecular formula is C10H12F3NO2. The Morgan fingerprint density at radius 1 is 1.31 bits per heavy atom. The van der Waals surface area contributed by atoms with Gasteiger partial charge in [0.1, 0.15) is 11.4 Å². The molecule has 16 heavy (non-hydrogen) atoms. The molecule has 0 unspecified atom stereocenters. The Morgan fingerprint density at radius 3 is 2.25 bits per heavy atom. The van der Waals surface area contributed by atoms with Crippen LogP contribution in [0.2, 0.25) is 0 Å². The smallest absolute Gasteiger partial charge is 0.433 e. The molecule has 1 rings (SSSR count). The summed E-state index contributed by atoms with van der Waals surface area (Å²) in [5.74, 6) is 0.125. The molecule has 0 atom stereocenters. The maximum absolute atomic E-state index is 12.4. The summed E-state index contributed by atoms with van der Waals surface area (Å²) < 4.78 is 42.1. The van der Waals surface area contributed by atoms with Gasteiger partial charge in [-0.2, -0.15) is 13.2 Å². The second-order valence-corrected chi connectivity index (χ2v) is 3.83. The van der Waals surface area contributed by atoms with Crippen LogP contribution < -0.4 is 4.74 Å². The van der Waals surface area contributed by atoms with Crippen LogP contribution in [0.15, 0.2) is 12.3 Å². The van der Waals surface area contributed by atoms with Gasteiger partial charge in [0.2, 0.25) is 0 Å². The lowest BCUT2D eigenvalue weighted by Gasteiger charge is -2.21. The number of halogens is 3. The molecule has 0 saturated carbocycles. The predicted molar refractivity (Wildman–Crippen MR) is 51.0 cm³/mol. The Kier molecular flexibility index (Phi) is 3.14. The van der Waals surface area contributed by atoms with Crippen LogP contribution in [0.1, 0.15) is 25.1 Å². The topological polar surface area (TPSA) is 42.4 Å². The van der Waals surface area contributed by atoms with Crippen LogP contribution in [0.25, 0.3) is 0 Å². The SMILES string of the molecule is COc1cnc(C(F)(F)F)cc1C(C)(C)O. The van der Waals surface area contributed by atoms with Gasteiger partial charge in [-0.25, -0.2) is 4.98 Å². The van der Waals surface area contributed by atoms with Gasteiger partial charge in [-0.15, -0.1) is 0 Å². The van der Waals surface area contributed by atoms with E-state index >= 15 is 0 Å². The Labute approximate surface area is 90.9 Å². The molecule has 0 radical (unpaired) electrons.